The minimum Gasteiger partial charge on any atom is -1.00 e. The van der Waals surface area contributed by atoms with Gasteiger partial charge in [0.2, 0.25) is 0 Å². The van der Waals surface area contributed by atoms with Crippen LogP contribution in [0.15, 0.2) is 0 Å². The monoisotopic (exact) mass is 427 g/mol. The van der Waals surface area contributed by atoms with Crippen molar-refractivity contribution in [1.29, 1.82) is 0 Å². The Hall–Kier alpha value is 3.57. The maximum absolute atomic E-state index is 8.55. The van der Waals surface area contributed by atoms with Crippen molar-refractivity contribution in [1.82, 2.24) is 0 Å². The van der Waals surface area contributed by atoms with Crippen molar-refractivity contribution in [3.63, 3.8) is 0 Å². The second-order valence-corrected chi connectivity index (χ2v) is 2.68. The van der Waals surface area contributed by atoms with Gasteiger partial charge in [-0.2, -0.15) is 15.6 Å². The van der Waals surface area contributed by atoms with E-state index in [1.165, 1.54) is 0 Å². The maximum atomic E-state index is 8.55. The summed E-state index contributed by atoms with van der Waals surface area (Å²) < 4.78 is 17.1. The van der Waals surface area contributed by atoms with Gasteiger partial charge in [-0.3, -0.25) is 0 Å². The van der Waals surface area contributed by atoms with Crippen LogP contribution in [-0.4, -0.2) is 0 Å². The van der Waals surface area contributed by atoms with Gasteiger partial charge in [0.1, 0.15) is 0 Å². The number of phosphoric acid groups is 2. The molecule has 0 unspecified atom stereocenters. The average molecular weight is 427 g/mol. The van der Waals surface area contributed by atoms with Gasteiger partial charge >= 0.3 is 108 Å². The van der Waals surface area contributed by atoms with Crippen molar-refractivity contribution in [3.8, 4) is 0 Å². The van der Waals surface area contributed by atoms with Crippen LogP contribution in [0.5, 0.6) is 0 Å². The minimum absolute atomic E-state index is 0. The van der Waals surface area contributed by atoms with Crippen LogP contribution in [0.25, 0.3) is 0 Å². The Morgan fingerprint density at radius 2 is 0.526 bits per heavy atom. The van der Waals surface area contributed by atoms with Gasteiger partial charge in [-0.15, -0.1) is 0 Å². The molecular weight excluding hydrogens is 412 g/mol. The Morgan fingerprint density at radius 1 is 0.526 bits per heavy atom. The van der Waals surface area contributed by atoms with Crippen molar-refractivity contribution in [2.24, 2.45) is 0 Å². The zero-order valence-electron chi connectivity index (χ0n) is 11.3. The van der Waals surface area contributed by atoms with Gasteiger partial charge < -0.3 is 42.8 Å². The molecule has 0 N–H and O–H groups in total. The molecular formula is C3H15Li3Mn3O8P2. The second kappa shape index (κ2) is 37.6. The van der Waals surface area contributed by atoms with E-state index in [0.717, 1.165) is 0 Å². The predicted molar refractivity (Wildman–Crippen MR) is 38.7 cm³/mol. The Labute approximate surface area is 186 Å². The van der Waals surface area contributed by atoms with Crippen molar-refractivity contribution >= 4 is 15.6 Å². The van der Waals surface area contributed by atoms with Gasteiger partial charge in [0.05, 0.1) is 0 Å². The number of rotatable bonds is 0. The molecule has 0 atom stereocenters. The standard InChI is InChI=1S/3CH4.3Li.3Mn.2H3O4P.3H/c;;;;;;;;;2*1-5(2,3)4;;;/h3*1H4;;;;;;;2*(H3,1,2,3,4);;;/q;;;3*+1;3*+2;;;3*-1/p-6. The molecule has 0 saturated heterocycles. The smallest absolute Gasteiger partial charge is 1.00 e. The molecule has 0 bridgehead atoms. The molecule has 19 heavy (non-hydrogen) atoms. The first-order valence-corrected chi connectivity index (χ1v) is 4.38. The predicted octanol–water partition coefficient (Wildman–Crippen LogP) is -12.4. The third-order valence-corrected chi connectivity index (χ3v) is 0. The summed E-state index contributed by atoms with van der Waals surface area (Å²) in [5, 5.41) is 0. The first-order valence-electron chi connectivity index (χ1n) is 1.46. The molecule has 0 amide bonds. The first kappa shape index (κ1) is 78.4. The van der Waals surface area contributed by atoms with E-state index in [1.54, 1.807) is 0 Å². The van der Waals surface area contributed by atoms with Gasteiger partial charge in [0, 0.05) is 0 Å². The molecule has 0 aliphatic rings. The molecule has 0 aromatic rings. The summed E-state index contributed by atoms with van der Waals surface area (Å²) in [5.74, 6) is 0. The maximum Gasteiger partial charge on any atom is 2.00 e. The summed E-state index contributed by atoms with van der Waals surface area (Å²) in [6.07, 6.45) is 0. The van der Waals surface area contributed by atoms with Crippen molar-refractivity contribution < 1.29 is 151 Å². The van der Waals surface area contributed by atoms with E-state index in [9.17, 15) is 0 Å². The van der Waals surface area contributed by atoms with Gasteiger partial charge in [-0.1, -0.05) is 22.3 Å². The summed E-state index contributed by atoms with van der Waals surface area (Å²) in [4.78, 5) is 51.3. The molecule has 0 saturated carbocycles. The Kier molecular flexibility index (Phi) is 155. The van der Waals surface area contributed by atoms with Crippen LogP contribution in [0.4, 0.5) is 0 Å². The van der Waals surface area contributed by atoms with Crippen LogP contribution < -0.4 is 85.9 Å². The first-order chi connectivity index (χ1) is 4.00. The van der Waals surface area contributed by atoms with Crippen LogP contribution in [0.3, 0.4) is 0 Å². The topological polar surface area (TPSA) is 172 Å². The molecule has 0 aromatic heterocycles. The van der Waals surface area contributed by atoms with Gasteiger partial charge in [-0.25, -0.2) is 0 Å². The van der Waals surface area contributed by atoms with Crippen molar-refractivity contribution in [3.05, 3.63) is 0 Å². The van der Waals surface area contributed by atoms with E-state index in [4.69, 9.17) is 38.5 Å². The third kappa shape index (κ3) is 648. The summed E-state index contributed by atoms with van der Waals surface area (Å²) >= 11 is 0. The summed E-state index contributed by atoms with van der Waals surface area (Å²) in [7, 11) is -10.8. The normalized spacial score (nSPS) is 6.21. The van der Waals surface area contributed by atoms with Crippen molar-refractivity contribution in [2.45, 2.75) is 22.3 Å². The molecule has 0 rings (SSSR count). The van der Waals surface area contributed by atoms with E-state index in [0.29, 0.717) is 0 Å². The molecule has 8 nitrogen and oxygen atoms in total. The Bertz CT molecular complexity index is 165. The quantitative estimate of drug-likeness (QED) is 0.271. The van der Waals surface area contributed by atoms with Crippen LogP contribution in [-0.2, 0) is 60.3 Å². The molecule has 16 heteroatoms. The fourth-order valence-corrected chi connectivity index (χ4v) is 0. The van der Waals surface area contributed by atoms with E-state index in [2.05, 4.69) is 0 Å². The second-order valence-electron chi connectivity index (χ2n) is 0.894. The summed E-state index contributed by atoms with van der Waals surface area (Å²) in [5.41, 5.74) is 0. The third-order valence-electron chi connectivity index (χ3n) is 0. The van der Waals surface area contributed by atoms with E-state index in [1.807, 2.05) is 0 Å². The zero-order valence-corrected chi connectivity index (χ0v) is 13.6. The van der Waals surface area contributed by atoms with Crippen molar-refractivity contribution in [2.75, 3.05) is 0 Å². The van der Waals surface area contributed by atoms with Gasteiger partial charge in [0.25, 0.3) is 0 Å². The molecule has 0 aliphatic carbocycles. The molecule has 0 aromatic carbocycles. The molecule has 0 fully saturated rings. The molecule has 0 heterocycles. The Morgan fingerprint density at radius 3 is 0.526 bits per heavy atom. The van der Waals surface area contributed by atoms with Gasteiger partial charge in [-0.05, 0) is 0 Å². The summed E-state index contributed by atoms with van der Waals surface area (Å²) in [6, 6.07) is 0. The van der Waals surface area contributed by atoms with Crippen LogP contribution in [0.2, 0.25) is 0 Å². The largest absolute Gasteiger partial charge is 2.00 e. The number of hydrogen-bond acceptors (Lipinski definition) is 8. The fourth-order valence-electron chi connectivity index (χ4n) is 0. The molecule has 109 valence electrons. The van der Waals surface area contributed by atoms with Crippen LogP contribution >= 0.6 is 15.6 Å². The minimum atomic E-state index is -5.39. The zero-order chi connectivity index (χ0) is 9.00. The molecule has 3 radical (unpaired) electrons. The fraction of sp³-hybridized carbons (Fsp3) is 1.00. The molecule has 0 aliphatic heterocycles. The number of hydrogen-bond donors (Lipinski definition) is 0. The van der Waals surface area contributed by atoms with Crippen LogP contribution in [0.1, 0.15) is 26.6 Å². The van der Waals surface area contributed by atoms with Crippen LogP contribution in [0, 0.1) is 0 Å². The SMILES string of the molecule is C.C.C.O=P([O-])([O-])[O-].O=P([O-])([O-])[O-].[H-].[H-].[H-].[Li+].[Li+].[Li+].[Mn+2].[Mn+2].[Mn+2]. The average Bonchev–Trinajstić information content (AvgIpc) is 1.12. The molecule has 0 spiro atoms. The van der Waals surface area contributed by atoms with Gasteiger partial charge in [0.15, 0.2) is 0 Å². The van der Waals surface area contributed by atoms with E-state index in [-0.39, 0.29) is 134 Å². The van der Waals surface area contributed by atoms with E-state index < -0.39 is 15.6 Å². The summed E-state index contributed by atoms with van der Waals surface area (Å²) in [6.45, 7) is 0. The Balaban J connectivity index is -0.00000000314. The van der Waals surface area contributed by atoms with E-state index >= 15 is 0 Å².